The zero-order chi connectivity index (χ0) is 11.5. The van der Waals surface area contributed by atoms with Gasteiger partial charge < -0.3 is 5.73 Å². The number of hydrogen-bond donors (Lipinski definition) is 1. The second-order valence-corrected chi connectivity index (χ2v) is 4.57. The van der Waals surface area contributed by atoms with E-state index in [-0.39, 0.29) is 0 Å². The molecule has 0 aliphatic carbocycles. The largest absolute Gasteiger partial charge is 0.384 e. The van der Waals surface area contributed by atoms with E-state index in [1.54, 1.807) is 25.3 Å². The lowest BCUT2D eigenvalue weighted by Crippen LogP contribution is -1.96. The quantitative estimate of drug-likeness (QED) is 0.833. The molecule has 0 unspecified atom stereocenters. The van der Waals surface area contributed by atoms with Gasteiger partial charge in [0.25, 0.3) is 0 Å². The van der Waals surface area contributed by atoms with Crippen molar-refractivity contribution >= 4 is 29.2 Å². The maximum absolute atomic E-state index is 5.75. The van der Waals surface area contributed by atoms with E-state index in [0.29, 0.717) is 16.7 Å². The minimum atomic E-state index is 0.462. The first kappa shape index (κ1) is 11.2. The van der Waals surface area contributed by atoms with Crippen molar-refractivity contribution in [1.82, 2.24) is 15.0 Å². The maximum atomic E-state index is 5.75. The fraction of sp³-hybridized carbons (Fsp3) is 0.100. The SMILES string of the molecule is Cc1nc(N)cc(Sc2ccc(Cl)cn2)n1. The van der Waals surface area contributed by atoms with Crippen LogP contribution in [0.5, 0.6) is 0 Å². The molecule has 0 bridgehead atoms. The van der Waals surface area contributed by atoms with Crippen LogP contribution >= 0.6 is 23.4 Å². The van der Waals surface area contributed by atoms with E-state index in [4.69, 9.17) is 17.3 Å². The van der Waals surface area contributed by atoms with Crippen LogP contribution in [0.15, 0.2) is 34.4 Å². The normalized spacial score (nSPS) is 10.4. The lowest BCUT2D eigenvalue weighted by atomic mass is 10.5. The van der Waals surface area contributed by atoms with Crippen LogP contribution in [0.4, 0.5) is 5.82 Å². The van der Waals surface area contributed by atoms with E-state index in [1.807, 2.05) is 6.07 Å². The van der Waals surface area contributed by atoms with E-state index >= 15 is 0 Å². The molecule has 2 N–H and O–H groups in total. The van der Waals surface area contributed by atoms with Crippen LogP contribution in [0.1, 0.15) is 5.82 Å². The Balaban J connectivity index is 2.23. The first-order valence-electron chi connectivity index (χ1n) is 4.54. The second-order valence-electron chi connectivity index (χ2n) is 3.09. The molecule has 16 heavy (non-hydrogen) atoms. The Hall–Kier alpha value is -1.33. The predicted octanol–water partition coefficient (Wildman–Crippen LogP) is 2.57. The molecule has 0 radical (unpaired) electrons. The topological polar surface area (TPSA) is 64.7 Å². The lowest BCUT2D eigenvalue weighted by Gasteiger charge is -2.02. The second kappa shape index (κ2) is 4.67. The van der Waals surface area contributed by atoms with Gasteiger partial charge in [0.15, 0.2) is 0 Å². The summed E-state index contributed by atoms with van der Waals surface area (Å²) in [5, 5.41) is 2.21. The van der Waals surface area contributed by atoms with E-state index in [2.05, 4.69) is 15.0 Å². The van der Waals surface area contributed by atoms with Crippen molar-refractivity contribution in [2.75, 3.05) is 5.73 Å². The van der Waals surface area contributed by atoms with E-state index in [9.17, 15) is 0 Å². The summed E-state index contributed by atoms with van der Waals surface area (Å²) in [7, 11) is 0. The molecule has 2 aromatic rings. The van der Waals surface area contributed by atoms with Gasteiger partial charge in [0, 0.05) is 12.3 Å². The highest BCUT2D eigenvalue weighted by atomic mass is 35.5. The molecule has 4 nitrogen and oxygen atoms in total. The predicted molar refractivity (Wildman–Crippen MR) is 64.6 cm³/mol. The molecule has 0 saturated carbocycles. The smallest absolute Gasteiger partial charge is 0.128 e. The van der Waals surface area contributed by atoms with Crippen molar-refractivity contribution < 1.29 is 0 Å². The van der Waals surface area contributed by atoms with E-state index in [0.717, 1.165) is 10.1 Å². The van der Waals surface area contributed by atoms with Crippen LogP contribution in [0.25, 0.3) is 0 Å². The van der Waals surface area contributed by atoms with Crippen molar-refractivity contribution in [2.45, 2.75) is 17.0 Å². The fourth-order valence-corrected chi connectivity index (χ4v) is 2.07. The Morgan fingerprint density at radius 1 is 1.25 bits per heavy atom. The summed E-state index contributed by atoms with van der Waals surface area (Å²) in [4.78, 5) is 12.4. The third-order valence-corrected chi connectivity index (χ3v) is 2.84. The molecule has 6 heteroatoms. The van der Waals surface area contributed by atoms with Crippen LogP contribution < -0.4 is 5.73 Å². The van der Waals surface area contributed by atoms with Gasteiger partial charge in [-0.05, 0) is 30.8 Å². The average molecular weight is 253 g/mol. The number of rotatable bonds is 2. The van der Waals surface area contributed by atoms with Crippen molar-refractivity contribution in [2.24, 2.45) is 0 Å². The Bertz CT molecular complexity index is 480. The number of anilines is 1. The fourth-order valence-electron chi connectivity index (χ4n) is 1.14. The molecule has 0 spiro atoms. The van der Waals surface area contributed by atoms with Crippen LogP contribution in [0, 0.1) is 6.92 Å². The summed E-state index contributed by atoms with van der Waals surface area (Å²) in [6.07, 6.45) is 1.60. The summed E-state index contributed by atoms with van der Waals surface area (Å²) in [5.41, 5.74) is 5.63. The van der Waals surface area contributed by atoms with E-state index in [1.165, 1.54) is 11.8 Å². The average Bonchev–Trinajstić information content (AvgIpc) is 2.20. The summed E-state index contributed by atoms with van der Waals surface area (Å²) in [5.74, 6) is 1.11. The molecule has 2 rings (SSSR count). The van der Waals surface area contributed by atoms with Gasteiger partial charge in [0.1, 0.15) is 21.7 Å². The van der Waals surface area contributed by atoms with Gasteiger partial charge in [0.05, 0.1) is 5.02 Å². The first-order valence-corrected chi connectivity index (χ1v) is 5.73. The Labute approximate surface area is 102 Å². The molecule has 0 atom stereocenters. The molecule has 0 aromatic carbocycles. The summed E-state index contributed by atoms with van der Waals surface area (Å²) in [6.45, 7) is 1.80. The number of aryl methyl sites for hydroxylation is 1. The van der Waals surface area contributed by atoms with Crippen molar-refractivity contribution in [3.05, 3.63) is 35.2 Å². The van der Waals surface area contributed by atoms with Crippen LogP contribution in [-0.4, -0.2) is 15.0 Å². The van der Waals surface area contributed by atoms with E-state index < -0.39 is 0 Å². The van der Waals surface area contributed by atoms with Gasteiger partial charge in [-0.15, -0.1) is 0 Å². The molecule has 0 fully saturated rings. The molecule has 0 aliphatic rings. The highest BCUT2D eigenvalue weighted by Crippen LogP contribution is 2.25. The summed E-state index contributed by atoms with van der Waals surface area (Å²) >= 11 is 7.17. The number of nitrogen functional groups attached to an aromatic ring is 1. The summed E-state index contributed by atoms with van der Waals surface area (Å²) < 4.78 is 0. The molecule has 2 heterocycles. The summed E-state index contributed by atoms with van der Waals surface area (Å²) in [6, 6.07) is 5.34. The Morgan fingerprint density at radius 3 is 2.69 bits per heavy atom. The van der Waals surface area contributed by atoms with Gasteiger partial charge in [0.2, 0.25) is 0 Å². The van der Waals surface area contributed by atoms with Gasteiger partial charge in [-0.25, -0.2) is 15.0 Å². The van der Waals surface area contributed by atoms with Crippen LogP contribution in [-0.2, 0) is 0 Å². The maximum Gasteiger partial charge on any atom is 0.128 e. The molecule has 0 aliphatic heterocycles. The molecule has 2 aromatic heterocycles. The standard InChI is InChI=1S/C10H9ClN4S/c1-6-14-8(12)4-10(15-6)16-9-3-2-7(11)5-13-9/h2-5H,1H3,(H2,12,14,15). The number of halogens is 1. The first-order chi connectivity index (χ1) is 7.63. The third kappa shape index (κ3) is 2.84. The van der Waals surface area contributed by atoms with Gasteiger partial charge in [-0.1, -0.05) is 11.6 Å². The zero-order valence-electron chi connectivity index (χ0n) is 8.51. The van der Waals surface area contributed by atoms with Crippen LogP contribution in [0.3, 0.4) is 0 Å². The minimum Gasteiger partial charge on any atom is -0.384 e. The third-order valence-electron chi connectivity index (χ3n) is 1.74. The molecule has 0 saturated heterocycles. The number of nitrogens with zero attached hydrogens (tertiary/aromatic N) is 3. The molecular weight excluding hydrogens is 244 g/mol. The van der Waals surface area contributed by atoms with Crippen molar-refractivity contribution in [3.63, 3.8) is 0 Å². The lowest BCUT2D eigenvalue weighted by molar-refractivity contribution is 0.971. The highest BCUT2D eigenvalue weighted by Gasteiger charge is 2.03. The molecule has 0 amide bonds. The Kier molecular flexibility index (Phi) is 3.26. The number of pyridine rings is 1. The zero-order valence-corrected chi connectivity index (χ0v) is 10.1. The highest BCUT2D eigenvalue weighted by molar-refractivity contribution is 7.99. The van der Waals surface area contributed by atoms with Gasteiger partial charge in [-0.2, -0.15) is 0 Å². The number of aromatic nitrogens is 3. The molecular formula is C10H9ClN4S. The van der Waals surface area contributed by atoms with Crippen molar-refractivity contribution in [1.29, 1.82) is 0 Å². The van der Waals surface area contributed by atoms with Crippen molar-refractivity contribution in [3.8, 4) is 0 Å². The molecule has 82 valence electrons. The monoisotopic (exact) mass is 252 g/mol. The van der Waals surface area contributed by atoms with Gasteiger partial charge >= 0.3 is 0 Å². The number of hydrogen-bond acceptors (Lipinski definition) is 5. The van der Waals surface area contributed by atoms with Gasteiger partial charge in [-0.3, -0.25) is 0 Å². The van der Waals surface area contributed by atoms with Crippen LogP contribution in [0.2, 0.25) is 5.02 Å². The number of nitrogens with two attached hydrogens (primary N) is 1. The minimum absolute atomic E-state index is 0.462. The Morgan fingerprint density at radius 2 is 2.06 bits per heavy atom.